The van der Waals surface area contributed by atoms with E-state index in [1.54, 1.807) is 18.6 Å². The van der Waals surface area contributed by atoms with Crippen molar-refractivity contribution in [3.05, 3.63) is 42.0 Å². The summed E-state index contributed by atoms with van der Waals surface area (Å²) >= 11 is 0. The van der Waals surface area contributed by atoms with Crippen molar-refractivity contribution in [3.8, 4) is 0 Å². The molecule has 0 fully saturated rings. The number of hydrogen-bond donors (Lipinski definition) is 2. The molecule has 0 aliphatic carbocycles. The van der Waals surface area contributed by atoms with Crippen LogP contribution in [0.4, 0.5) is 0 Å². The number of nitrogens with zero attached hydrogens (tertiary/aromatic N) is 4. The Morgan fingerprint density at radius 3 is 2.88 bits per heavy atom. The van der Waals surface area contributed by atoms with Crippen LogP contribution in [0.5, 0.6) is 0 Å². The Kier molecular flexibility index (Phi) is 3.23. The van der Waals surface area contributed by atoms with Gasteiger partial charge in [-0.25, -0.2) is 5.43 Å². The number of aromatic nitrogens is 4. The van der Waals surface area contributed by atoms with E-state index >= 15 is 0 Å². The van der Waals surface area contributed by atoms with Crippen LogP contribution in [0.25, 0.3) is 0 Å². The molecule has 0 aliphatic rings. The number of rotatable bonds is 4. The second-order valence-electron chi connectivity index (χ2n) is 3.35. The van der Waals surface area contributed by atoms with Gasteiger partial charge in [0.2, 0.25) is 0 Å². The molecular weight excluding hydrogens is 204 g/mol. The first-order valence-corrected chi connectivity index (χ1v) is 5.11. The van der Waals surface area contributed by atoms with Crippen LogP contribution in [0.2, 0.25) is 0 Å². The molecule has 6 nitrogen and oxygen atoms in total. The molecule has 0 saturated heterocycles. The van der Waals surface area contributed by atoms with Gasteiger partial charge in [-0.3, -0.25) is 10.5 Å². The lowest BCUT2D eigenvalue weighted by Crippen LogP contribution is -2.30. The van der Waals surface area contributed by atoms with Gasteiger partial charge in [0.25, 0.3) is 0 Å². The molecule has 0 amide bonds. The predicted molar refractivity (Wildman–Crippen MR) is 59.1 cm³/mol. The number of nitrogens with one attached hydrogen (secondary N) is 1. The molecule has 2 aromatic rings. The van der Waals surface area contributed by atoms with Gasteiger partial charge in [-0.05, 0) is 24.6 Å². The molecule has 3 N–H and O–H groups in total. The first-order valence-electron chi connectivity index (χ1n) is 5.11. The SMILES string of the molecule is CCn1nccc1C(NN)c1ccnnc1. The Labute approximate surface area is 93.5 Å². The van der Waals surface area contributed by atoms with Crippen molar-refractivity contribution in [2.45, 2.75) is 19.5 Å². The van der Waals surface area contributed by atoms with Gasteiger partial charge < -0.3 is 0 Å². The quantitative estimate of drug-likeness (QED) is 0.567. The zero-order valence-electron chi connectivity index (χ0n) is 9.04. The van der Waals surface area contributed by atoms with E-state index in [1.165, 1.54) is 0 Å². The van der Waals surface area contributed by atoms with Crippen molar-refractivity contribution in [2.75, 3.05) is 0 Å². The molecule has 0 aromatic carbocycles. The lowest BCUT2D eigenvalue weighted by molar-refractivity contribution is 0.541. The Hall–Kier alpha value is -1.79. The average Bonchev–Trinajstić information content (AvgIpc) is 2.80. The summed E-state index contributed by atoms with van der Waals surface area (Å²) in [6.45, 7) is 2.84. The highest BCUT2D eigenvalue weighted by atomic mass is 15.3. The molecule has 0 bridgehead atoms. The molecule has 0 saturated carbocycles. The van der Waals surface area contributed by atoms with Crippen LogP contribution in [-0.4, -0.2) is 20.0 Å². The fourth-order valence-corrected chi connectivity index (χ4v) is 1.68. The van der Waals surface area contributed by atoms with Gasteiger partial charge in [0.05, 0.1) is 17.9 Å². The van der Waals surface area contributed by atoms with Gasteiger partial charge in [-0.15, -0.1) is 0 Å². The fourth-order valence-electron chi connectivity index (χ4n) is 1.68. The van der Waals surface area contributed by atoms with Crippen molar-refractivity contribution in [3.63, 3.8) is 0 Å². The van der Waals surface area contributed by atoms with Crippen LogP contribution in [0, 0.1) is 0 Å². The van der Waals surface area contributed by atoms with Crippen molar-refractivity contribution >= 4 is 0 Å². The Balaban J connectivity index is 2.37. The summed E-state index contributed by atoms with van der Waals surface area (Å²) < 4.78 is 1.89. The van der Waals surface area contributed by atoms with Crippen LogP contribution < -0.4 is 11.3 Å². The Bertz CT molecular complexity index is 438. The monoisotopic (exact) mass is 218 g/mol. The maximum Gasteiger partial charge on any atom is 0.0894 e. The standard InChI is InChI=1S/C10H14N6/c1-2-16-9(4-6-14-16)10(15-11)8-3-5-12-13-7-8/h3-7,10,15H,2,11H2,1H3. The molecule has 16 heavy (non-hydrogen) atoms. The topological polar surface area (TPSA) is 81.7 Å². The summed E-state index contributed by atoms with van der Waals surface area (Å²) in [5, 5.41) is 11.8. The third kappa shape index (κ3) is 1.93. The highest BCUT2D eigenvalue weighted by Gasteiger charge is 2.16. The number of nitrogens with two attached hydrogens (primary N) is 1. The maximum atomic E-state index is 5.58. The lowest BCUT2D eigenvalue weighted by atomic mass is 10.1. The Morgan fingerprint density at radius 1 is 1.38 bits per heavy atom. The highest BCUT2D eigenvalue weighted by Crippen LogP contribution is 2.19. The van der Waals surface area contributed by atoms with Gasteiger partial charge in [-0.1, -0.05) is 0 Å². The van der Waals surface area contributed by atoms with Gasteiger partial charge in [0.1, 0.15) is 0 Å². The first-order chi connectivity index (χ1) is 7.86. The zero-order valence-corrected chi connectivity index (χ0v) is 9.04. The summed E-state index contributed by atoms with van der Waals surface area (Å²) in [5.41, 5.74) is 4.74. The van der Waals surface area contributed by atoms with Gasteiger partial charge in [0, 0.05) is 18.9 Å². The molecule has 2 rings (SSSR count). The predicted octanol–water partition coefficient (Wildman–Crippen LogP) is 0.246. The smallest absolute Gasteiger partial charge is 0.0894 e. The summed E-state index contributed by atoms with van der Waals surface area (Å²) in [6.07, 6.45) is 5.10. The van der Waals surface area contributed by atoms with Crippen molar-refractivity contribution in [2.24, 2.45) is 5.84 Å². The molecule has 2 heterocycles. The van der Waals surface area contributed by atoms with Gasteiger partial charge in [-0.2, -0.15) is 15.3 Å². The van der Waals surface area contributed by atoms with E-state index in [9.17, 15) is 0 Å². The molecule has 0 spiro atoms. The zero-order chi connectivity index (χ0) is 11.4. The average molecular weight is 218 g/mol. The second-order valence-corrected chi connectivity index (χ2v) is 3.35. The van der Waals surface area contributed by atoms with E-state index in [-0.39, 0.29) is 6.04 Å². The summed E-state index contributed by atoms with van der Waals surface area (Å²) in [6, 6.07) is 3.71. The van der Waals surface area contributed by atoms with E-state index in [0.717, 1.165) is 17.8 Å². The summed E-state index contributed by atoms with van der Waals surface area (Å²) in [4.78, 5) is 0. The summed E-state index contributed by atoms with van der Waals surface area (Å²) in [5.74, 6) is 5.58. The molecule has 0 aliphatic heterocycles. The minimum Gasteiger partial charge on any atom is -0.271 e. The number of aryl methyl sites for hydroxylation is 1. The van der Waals surface area contributed by atoms with Crippen molar-refractivity contribution in [1.29, 1.82) is 0 Å². The van der Waals surface area contributed by atoms with Gasteiger partial charge >= 0.3 is 0 Å². The molecule has 1 unspecified atom stereocenters. The Morgan fingerprint density at radius 2 is 2.25 bits per heavy atom. The first kappa shape index (κ1) is 10.7. The number of hydrogen-bond acceptors (Lipinski definition) is 5. The van der Waals surface area contributed by atoms with Crippen LogP contribution in [0.3, 0.4) is 0 Å². The van der Waals surface area contributed by atoms with Crippen molar-refractivity contribution in [1.82, 2.24) is 25.4 Å². The highest BCUT2D eigenvalue weighted by molar-refractivity contribution is 5.23. The third-order valence-electron chi connectivity index (χ3n) is 2.45. The van der Waals surface area contributed by atoms with Crippen LogP contribution in [0.1, 0.15) is 24.2 Å². The molecule has 84 valence electrons. The third-order valence-corrected chi connectivity index (χ3v) is 2.45. The minimum atomic E-state index is -0.113. The van der Waals surface area contributed by atoms with Crippen LogP contribution >= 0.6 is 0 Å². The molecular formula is C10H14N6. The fraction of sp³-hybridized carbons (Fsp3) is 0.300. The largest absolute Gasteiger partial charge is 0.271 e. The van der Waals surface area contributed by atoms with Gasteiger partial charge in [0.15, 0.2) is 0 Å². The number of hydrazine groups is 1. The van der Waals surface area contributed by atoms with E-state index in [1.807, 2.05) is 23.7 Å². The lowest BCUT2D eigenvalue weighted by Gasteiger charge is -2.16. The van der Waals surface area contributed by atoms with Crippen molar-refractivity contribution < 1.29 is 0 Å². The van der Waals surface area contributed by atoms with Crippen LogP contribution in [-0.2, 0) is 6.54 Å². The summed E-state index contributed by atoms with van der Waals surface area (Å²) in [7, 11) is 0. The molecule has 2 aromatic heterocycles. The van der Waals surface area contributed by atoms with E-state index < -0.39 is 0 Å². The van der Waals surface area contributed by atoms with E-state index in [2.05, 4.69) is 20.7 Å². The van der Waals surface area contributed by atoms with Crippen LogP contribution in [0.15, 0.2) is 30.7 Å². The second kappa shape index (κ2) is 4.82. The van der Waals surface area contributed by atoms with E-state index in [0.29, 0.717) is 0 Å². The maximum absolute atomic E-state index is 5.58. The normalized spacial score (nSPS) is 12.6. The molecule has 1 atom stereocenters. The minimum absolute atomic E-state index is 0.113. The molecule has 0 radical (unpaired) electrons. The van der Waals surface area contributed by atoms with E-state index in [4.69, 9.17) is 5.84 Å². The molecule has 6 heteroatoms.